The maximum absolute atomic E-state index is 11.5. The summed E-state index contributed by atoms with van der Waals surface area (Å²) in [5.74, 6) is -0.342. The zero-order chi connectivity index (χ0) is 14.9. The van der Waals surface area contributed by atoms with Crippen molar-refractivity contribution in [3.05, 3.63) is 81.4 Å². The van der Waals surface area contributed by atoms with Crippen LogP contribution < -0.4 is 0 Å². The number of hydrogen-bond donors (Lipinski definition) is 0. The summed E-state index contributed by atoms with van der Waals surface area (Å²) in [7, 11) is 0. The molecule has 0 spiro atoms. The smallest absolute Gasteiger partial charge is 0.331 e. The van der Waals surface area contributed by atoms with Crippen LogP contribution in [0.25, 0.3) is 12.2 Å². The van der Waals surface area contributed by atoms with E-state index in [1.54, 1.807) is 6.08 Å². The van der Waals surface area contributed by atoms with Crippen LogP contribution >= 0.6 is 22.6 Å². The SMILES string of the molecule is O=C(/C=C/c1ccccc1)OC/C=C/c1ccc(I)cc1. The summed E-state index contributed by atoms with van der Waals surface area (Å²) in [5, 5.41) is 0. The number of carbonyl (C=O) groups is 1. The highest BCUT2D eigenvalue weighted by Crippen LogP contribution is 2.08. The second kappa shape index (κ2) is 8.42. The quantitative estimate of drug-likeness (QED) is 0.425. The molecule has 2 rings (SSSR count). The maximum Gasteiger partial charge on any atom is 0.331 e. The Kier molecular flexibility index (Phi) is 6.22. The third kappa shape index (κ3) is 5.95. The largest absolute Gasteiger partial charge is 0.458 e. The lowest BCUT2D eigenvalue weighted by Crippen LogP contribution is -1.99. The van der Waals surface area contributed by atoms with E-state index in [4.69, 9.17) is 4.74 Å². The first-order valence-electron chi connectivity index (χ1n) is 6.56. The maximum atomic E-state index is 11.5. The molecule has 2 aromatic carbocycles. The van der Waals surface area contributed by atoms with Crippen molar-refractivity contribution < 1.29 is 9.53 Å². The Morgan fingerprint density at radius 3 is 2.33 bits per heavy atom. The average Bonchev–Trinajstić information content (AvgIpc) is 2.52. The molecule has 0 aromatic heterocycles. The lowest BCUT2D eigenvalue weighted by atomic mass is 10.2. The second-order valence-corrected chi connectivity index (χ2v) is 5.57. The summed E-state index contributed by atoms with van der Waals surface area (Å²) < 4.78 is 6.29. The molecule has 0 fully saturated rings. The first-order chi connectivity index (χ1) is 10.2. The molecule has 0 aliphatic heterocycles. The van der Waals surface area contributed by atoms with Crippen LogP contribution in [0.15, 0.2) is 66.7 Å². The van der Waals surface area contributed by atoms with E-state index >= 15 is 0 Å². The van der Waals surface area contributed by atoms with Crippen molar-refractivity contribution in [2.75, 3.05) is 6.61 Å². The van der Waals surface area contributed by atoms with Gasteiger partial charge in [0.05, 0.1) is 0 Å². The molecule has 0 saturated heterocycles. The van der Waals surface area contributed by atoms with Gasteiger partial charge >= 0.3 is 5.97 Å². The molecule has 2 aromatic rings. The monoisotopic (exact) mass is 390 g/mol. The molecule has 0 bridgehead atoms. The standard InChI is InChI=1S/C18H15IO2/c19-17-11-8-16(9-12-17)7-4-14-21-18(20)13-10-15-5-2-1-3-6-15/h1-13H,14H2/b7-4+,13-10+. The molecule has 0 aliphatic rings. The first-order valence-corrected chi connectivity index (χ1v) is 7.64. The lowest BCUT2D eigenvalue weighted by Gasteiger charge is -1.97. The van der Waals surface area contributed by atoms with Crippen LogP contribution in [0.1, 0.15) is 11.1 Å². The summed E-state index contributed by atoms with van der Waals surface area (Å²) in [5.41, 5.74) is 2.06. The highest BCUT2D eigenvalue weighted by molar-refractivity contribution is 14.1. The van der Waals surface area contributed by atoms with Gasteiger partial charge in [0.2, 0.25) is 0 Å². The van der Waals surface area contributed by atoms with Gasteiger partial charge < -0.3 is 4.74 Å². The molecule has 2 nitrogen and oxygen atoms in total. The van der Waals surface area contributed by atoms with E-state index in [1.807, 2.05) is 66.7 Å². The van der Waals surface area contributed by atoms with Crippen LogP contribution in [0.3, 0.4) is 0 Å². The summed E-state index contributed by atoms with van der Waals surface area (Å²) in [6.07, 6.45) is 6.94. The Labute approximate surface area is 138 Å². The molecule has 0 amide bonds. The van der Waals surface area contributed by atoms with Crippen molar-refractivity contribution in [1.29, 1.82) is 0 Å². The summed E-state index contributed by atoms with van der Waals surface area (Å²) in [4.78, 5) is 11.5. The Balaban J connectivity index is 1.76. The number of esters is 1. The van der Waals surface area contributed by atoms with Crippen LogP contribution in [0.2, 0.25) is 0 Å². The van der Waals surface area contributed by atoms with Crippen LogP contribution in [0, 0.1) is 3.57 Å². The number of benzene rings is 2. The van der Waals surface area contributed by atoms with Gasteiger partial charge in [0.25, 0.3) is 0 Å². The van der Waals surface area contributed by atoms with Crippen molar-refractivity contribution in [2.24, 2.45) is 0 Å². The Morgan fingerprint density at radius 1 is 0.952 bits per heavy atom. The molecule has 0 heterocycles. The van der Waals surface area contributed by atoms with Gasteiger partial charge in [-0.1, -0.05) is 48.5 Å². The van der Waals surface area contributed by atoms with E-state index in [2.05, 4.69) is 22.6 Å². The van der Waals surface area contributed by atoms with Crippen LogP contribution in [0.5, 0.6) is 0 Å². The van der Waals surface area contributed by atoms with Crippen LogP contribution in [-0.4, -0.2) is 12.6 Å². The van der Waals surface area contributed by atoms with E-state index in [-0.39, 0.29) is 12.6 Å². The predicted octanol–water partition coefficient (Wildman–Crippen LogP) is 4.56. The van der Waals surface area contributed by atoms with Gasteiger partial charge in [-0.3, -0.25) is 0 Å². The lowest BCUT2D eigenvalue weighted by molar-refractivity contribution is -0.136. The van der Waals surface area contributed by atoms with Gasteiger partial charge in [0, 0.05) is 9.65 Å². The molecule has 3 heteroatoms. The highest BCUT2D eigenvalue weighted by Gasteiger charge is 1.94. The number of carbonyl (C=O) groups excluding carboxylic acids is 1. The number of hydrogen-bond acceptors (Lipinski definition) is 2. The number of ether oxygens (including phenoxy) is 1. The molecule has 0 atom stereocenters. The third-order valence-corrected chi connectivity index (χ3v) is 3.43. The third-order valence-electron chi connectivity index (χ3n) is 2.71. The van der Waals surface area contributed by atoms with E-state index in [0.29, 0.717) is 0 Å². The van der Waals surface area contributed by atoms with E-state index < -0.39 is 0 Å². The fourth-order valence-electron chi connectivity index (χ4n) is 1.66. The molecular weight excluding hydrogens is 375 g/mol. The Morgan fingerprint density at radius 2 is 1.62 bits per heavy atom. The van der Waals surface area contributed by atoms with Crippen molar-refractivity contribution in [2.45, 2.75) is 0 Å². The molecular formula is C18H15IO2. The predicted molar refractivity (Wildman–Crippen MR) is 94.6 cm³/mol. The van der Waals surface area contributed by atoms with E-state index in [1.165, 1.54) is 9.65 Å². The van der Waals surface area contributed by atoms with Crippen molar-refractivity contribution >= 4 is 40.7 Å². The minimum atomic E-state index is -0.342. The van der Waals surface area contributed by atoms with Crippen molar-refractivity contribution in [3.8, 4) is 0 Å². The highest BCUT2D eigenvalue weighted by atomic mass is 127. The van der Waals surface area contributed by atoms with Gasteiger partial charge in [0.1, 0.15) is 6.61 Å². The summed E-state index contributed by atoms with van der Waals surface area (Å²) in [6, 6.07) is 17.8. The van der Waals surface area contributed by atoms with Crippen LogP contribution in [0.4, 0.5) is 0 Å². The van der Waals surface area contributed by atoms with Crippen LogP contribution in [-0.2, 0) is 9.53 Å². The zero-order valence-corrected chi connectivity index (χ0v) is 13.6. The minimum absolute atomic E-state index is 0.268. The molecule has 0 N–H and O–H groups in total. The van der Waals surface area contributed by atoms with Crippen molar-refractivity contribution in [1.82, 2.24) is 0 Å². The summed E-state index contributed by atoms with van der Waals surface area (Å²) in [6.45, 7) is 0.268. The number of halogens is 1. The van der Waals surface area contributed by atoms with E-state index in [9.17, 15) is 4.79 Å². The fraction of sp³-hybridized carbons (Fsp3) is 0.0556. The van der Waals surface area contributed by atoms with Gasteiger partial charge in [-0.25, -0.2) is 4.79 Å². The Bertz CT molecular complexity index is 628. The first kappa shape index (κ1) is 15.5. The molecule has 0 radical (unpaired) electrons. The molecule has 0 saturated carbocycles. The normalized spacial score (nSPS) is 11.1. The topological polar surface area (TPSA) is 26.3 Å². The second-order valence-electron chi connectivity index (χ2n) is 4.33. The summed E-state index contributed by atoms with van der Waals surface area (Å²) >= 11 is 2.26. The Hall–Kier alpha value is -1.88. The van der Waals surface area contributed by atoms with E-state index in [0.717, 1.165) is 11.1 Å². The van der Waals surface area contributed by atoms with Gasteiger partial charge in [-0.15, -0.1) is 0 Å². The van der Waals surface area contributed by atoms with Crippen molar-refractivity contribution in [3.63, 3.8) is 0 Å². The van der Waals surface area contributed by atoms with Gasteiger partial charge in [-0.05, 0) is 58.0 Å². The molecule has 106 valence electrons. The minimum Gasteiger partial charge on any atom is -0.458 e. The fourth-order valence-corrected chi connectivity index (χ4v) is 2.02. The molecule has 0 aliphatic carbocycles. The average molecular weight is 390 g/mol. The molecule has 21 heavy (non-hydrogen) atoms. The number of rotatable bonds is 5. The zero-order valence-electron chi connectivity index (χ0n) is 11.4. The van der Waals surface area contributed by atoms with Gasteiger partial charge in [0.15, 0.2) is 0 Å². The molecule has 0 unspecified atom stereocenters. The van der Waals surface area contributed by atoms with Gasteiger partial charge in [-0.2, -0.15) is 0 Å².